The van der Waals surface area contributed by atoms with Gasteiger partial charge in [-0.25, -0.2) is 0 Å². The molecule has 0 aliphatic heterocycles. The minimum Gasteiger partial charge on any atom is -0.504 e. The second-order valence-corrected chi connectivity index (χ2v) is 4.13. The molecule has 2 rings (SSSR count). The molecule has 1 amide bonds. The number of para-hydroxylation sites is 1. The molecule has 3 N–H and O–H groups in total. The van der Waals surface area contributed by atoms with Crippen LogP contribution in [0.5, 0.6) is 11.5 Å². The number of rotatable bonds is 2. The lowest BCUT2D eigenvalue weighted by molar-refractivity contribution is 0.0931. The Hall–Kier alpha value is -1.97. The van der Waals surface area contributed by atoms with Crippen LogP contribution >= 0.6 is 0 Å². The van der Waals surface area contributed by atoms with Crippen molar-refractivity contribution in [2.24, 2.45) is 0 Å². The van der Waals surface area contributed by atoms with Gasteiger partial charge < -0.3 is 15.5 Å². The smallest absolute Gasteiger partial charge is 0.255 e. The summed E-state index contributed by atoms with van der Waals surface area (Å²) in [5, 5.41) is 21.7. The zero-order valence-electron chi connectivity index (χ0n) is 9.39. The number of phenolic OH excluding ortho intramolecular Hbond substituents is 2. The van der Waals surface area contributed by atoms with Crippen molar-refractivity contribution >= 4 is 5.91 Å². The normalized spacial score (nSPS) is 18.9. The number of amides is 1. The Morgan fingerprint density at radius 1 is 1.29 bits per heavy atom. The highest BCUT2D eigenvalue weighted by atomic mass is 16.3. The van der Waals surface area contributed by atoms with Crippen LogP contribution in [-0.2, 0) is 0 Å². The maximum atomic E-state index is 11.9. The van der Waals surface area contributed by atoms with Crippen molar-refractivity contribution in [1.29, 1.82) is 0 Å². The van der Waals surface area contributed by atoms with Crippen LogP contribution in [0.3, 0.4) is 0 Å². The summed E-state index contributed by atoms with van der Waals surface area (Å²) in [6, 6.07) is 4.47. The zero-order chi connectivity index (χ0) is 12.3. The Labute approximate surface area is 99.6 Å². The fourth-order valence-electron chi connectivity index (χ4n) is 1.90. The first kappa shape index (κ1) is 11.5. The van der Waals surface area contributed by atoms with Crippen LogP contribution in [-0.4, -0.2) is 22.2 Å². The number of hydrogen-bond acceptors (Lipinski definition) is 3. The van der Waals surface area contributed by atoms with Gasteiger partial charge in [0.1, 0.15) is 0 Å². The molecule has 1 atom stereocenters. The molecule has 90 valence electrons. The summed E-state index contributed by atoms with van der Waals surface area (Å²) >= 11 is 0. The molecule has 0 aromatic heterocycles. The van der Waals surface area contributed by atoms with Gasteiger partial charge in [-0.3, -0.25) is 4.79 Å². The second-order valence-electron chi connectivity index (χ2n) is 4.13. The van der Waals surface area contributed by atoms with Gasteiger partial charge >= 0.3 is 0 Å². The Balaban J connectivity index is 2.09. The van der Waals surface area contributed by atoms with Gasteiger partial charge in [0, 0.05) is 6.04 Å². The van der Waals surface area contributed by atoms with Crippen molar-refractivity contribution < 1.29 is 15.0 Å². The molecule has 0 saturated carbocycles. The first-order chi connectivity index (χ1) is 8.18. The van der Waals surface area contributed by atoms with Crippen LogP contribution in [0.2, 0.25) is 0 Å². The van der Waals surface area contributed by atoms with E-state index in [0.29, 0.717) is 0 Å². The van der Waals surface area contributed by atoms with E-state index in [9.17, 15) is 15.0 Å². The van der Waals surface area contributed by atoms with Crippen molar-refractivity contribution in [1.82, 2.24) is 5.32 Å². The lowest BCUT2D eigenvalue weighted by Gasteiger charge is -2.19. The van der Waals surface area contributed by atoms with Crippen LogP contribution in [0.15, 0.2) is 30.4 Å². The van der Waals surface area contributed by atoms with Gasteiger partial charge in [-0.1, -0.05) is 18.2 Å². The quantitative estimate of drug-likeness (QED) is 0.540. The number of phenols is 2. The Morgan fingerprint density at radius 3 is 2.82 bits per heavy atom. The van der Waals surface area contributed by atoms with Crippen molar-refractivity contribution in [3.8, 4) is 11.5 Å². The van der Waals surface area contributed by atoms with Gasteiger partial charge in [0.15, 0.2) is 11.5 Å². The standard InChI is InChI=1S/C13H15NO3/c15-11-8-4-7-10(12(11)16)13(17)14-9-5-2-1-3-6-9/h1-2,4,7-9,15-16H,3,5-6H2,(H,14,17)/t9-/m0/s1. The fourth-order valence-corrected chi connectivity index (χ4v) is 1.90. The number of nitrogens with one attached hydrogen (secondary N) is 1. The zero-order valence-corrected chi connectivity index (χ0v) is 9.39. The van der Waals surface area contributed by atoms with Gasteiger partial charge in [0.2, 0.25) is 0 Å². The van der Waals surface area contributed by atoms with Crippen LogP contribution in [0.25, 0.3) is 0 Å². The second kappa shape index (κ2) is 4.91. The van der Waals surface area contributed by atoms with E-state index in [0.717, 1.165) is 19.3 Å². The highest BCUT2D eigenvalue weighted by Gasteiger charge is 2.18. The SMILES string of the molecule is O=C(N[C@H]1CC=CCC1)c1cccc(O)c1O. The molecule has 1 aliphatic carbocycles. The predicted octanol–water partition coefficient (Wildman–Crippen LogP) is 1.94. The number of benzene rings is 1. The van der Waals surface area contributed by atoms with E-state index in [1.165, 1.54) is 18.2 Å². The molecule has 0 unspecified atom stereocenters. The summed E-state index contributed by atoms with van der Waals surface area (Å²) in [6.45, 7) is 0. The third-order valence-electron chi connectivity index (χ3n) is 2.86. The van der Waals surface area contributed by atoms with E-state index < -0.39 is 0 Å². The third-order valence-corrected chi connectivity index (χ3v) is 2.86. The third kappa shape index (κ3) is 2.58. The van der Waals surface area contributed by atoms with Crippen molar-refractivity contribution in [2.75, 3.05) is 0 Å². The number of hydrogen-bond donors (Lipinski definition) is 3. The summed E-state index contributed by atoms with van der Waals surface area (Å²) in [7, 11) is 0. The molecule has 0 saturated heterocycles. The highest BCUT2D eigenvalue weighted by molar-refractivity contribution is 5.97. The average molecular weight is 233 g/mol. The average Bonchev–Trinajstić information content (AvgIpc) is 2.34. The number of allylic oxidation sites excluding steroid dienone is 1. The van der Waals surface area contributed by atoms with Crippen LogP contribution in [0.1, 0.15) is 29.6 Å². The molecular weight excluding hydrogens is 218 g/mol. The minimum absolute atomic E-state index is 0.106. The maximum absolute atomic E-state index is 11.9. The Bertz CT molecular complexity index is 454. The first-order valence-electron chi connectivity index (χ1n) is 5.65. The molecule has 4 heteroatoms. The summed E-state index contributed by atoms with van der Waals surface area (Å²) in [5.74, 6) is -0.990. The largest absolute Gasteiger partial charge is 0.504 e. The van der Waals surface area contributed by atoms with Gasteiger partial charge in [0.05, 0.1) is 5.56 Å². The molecule has 17 heavy (non-hydrogen) atoms. The summed E-state index contributed by atoms with van der Waals surface area (Å²) in [5.41, 5.74) is 0.111. The van der Waals surface area contributed by atoms with E-state index in [-0.39, 0.29) is 29.0 Å². The van der Waals surface area contributed by atoms with Gasteiger partial charge in [-0.05, 0) is 31.4 Å². The summed E-state index contributed by atoms with van der Waals surface area (Å²) in [6.07, 6.45) is 6.80. The van der Waals surface area contributed by atoms with E-state index >= 15 is 0 Å². The van der Waals surface area contributed by atoms with Gasteiger partial charge in [-0.15, -0.1) is 0 Å². The molecule has 0 fully saturated rings. The first-order valence-corrected chi connectivity index (χ1v) is 5.65. The van der Waals surface area contributed by atoms with Crippen LogP contribution in [0, 0.1) is 0 Å². The van der Waals surface area contributed by atoms with Gasteiger partial charge in [-0.2, -0.15) is 0 Å². The molecule has 1 aromatic carbocycles. The van der Waals surface area contributed by atoms with Crippen LogP contribution in [0.4, 0.5) is 0 Å². The van der Waals surface area contributed by atoms with E-state index in [1.807, 2.05) is 6.08 Å². The Morgan fingerprint density at radius 2 is 2.12 bits per heavy atom. The number of carbonyl (C=O) groups is 1. The van der Waals surface area contributed by atoms with Crippen LogP contribution < -0.4 is 5.32 Å². The lowest BCUT2D eigenvalue weighted by atomic mass is 10.0. The van der Waals surface area contributed by atoms with Crippen molar-refractivity contribution in [3.63, 3.8) is 0 Å². The monoisotopic (exact) mass is 233 g/mol. The molecule has 0 radical (unpaired) electrons. The van der Waals surface area contributed by atoms with E-state index in [2.05, 4.69) is 11.4 Å². The maximum Gasteiger partial charge on any atom is 0.255 e. The molecule has 4 nitrogen and oxygen atoms in total. The minimum atomic E-state index is -0.364. The number of aromatic hydroxyl groups is 2. The molecular formula is C13H15NO3. The Kier molecular flexibility index (Phi) is 3.32. The molecule has 0 bridgehead atoms. The lowest BCUT2D eigenvalue weighted by Crippen LogP contribution is -2.35. The number of carbonyl (C=O) groups excluding carboxylic acids is 1. The summed E-state index contributed by atoms with van der Waals surface area (Å²) < 4.78 is 0. The topological polar surface area (TPSA) is 69.6 Å². The molecule has 1 aromatic rings. The van der Waals surface area contributed by atoms with E-state index in [4.69, 9.17) is 0 Å². The predicted molar refractivity (Wildman–Crippen MR) is 64.0 cm³/mol. The highest BCUT2D eigenvalue weighted by Crippen LogP contribution is 2.28. The molecule has 1 aliphatic rings. The summed E-state index contributed by atoms with van der Waals surface area (Å²) in [4.78, 5) is 11.9. The van der Waals surface area contributed by atoms with Gasteiger partial charge in [0.25, 0.3) is 5.91 Å². The van der Waals surface area contributed by atoms with E-state index in [1.54, 1.807) is 0 Å². The fraction of sp³-hybridized carbons (Fsp3) is 0.308. The molecule has 0 heterocycles. The molecule has 0 spiro atoms. The van der Waals surface area contributed by atoms with Crippen molar-refractivity contribution in [3.05, 3.63) is 35.9 Å². The van der Waals surface area contributed by atoms with Crippen molar-refractivity contribution in [2.45, 2.75) is 25.3 Å².